The Bertz CT molecular complexity index is 741. The minimum Gasteiger partial charge on any atom is -0.482 e. The van der Waals surface area contributed by atoms with Crippen LogP contribution < -0.4 is 10.2 Å². The molecular formula is C16H16BrClN2O2. The lowest BCUT2D eigenvalue weighted by molar-refractivity contribution is 0.0831. The number of halogens is 2. The molecule has 0 radical (unpaired) electrons. The highest BCUT2D eigenvalue weighted by molar-refractivity contribution is 9.10. The van der Waals surface area contributed by atoms with Gasteiger partial charge in [0.05, 0.1) is 5.02 Å². The first kappa shape index (κ1) is 16.8. The van der Waals surface area contributed by atoms with Crippen molar-refractivity contribution >= 4 is 33.4 Å². The molecule has 2 rings (SSSR count). The monoisotopic (exact) mass is 382 g/mol. The molecule has 0 aliphatic carbocycles. The minimum absolute atomic E-state index is 0.100. The number of carbonyl (C=O) groups excluding carboxylic acids is 1. The van der Waals surface area contributed by atoms with Gasteiger partial charge in [-0.25, -0.2) is 0 Å². The smallest absolute Gasteiger partial charge is 0.270 e. The third-order valence-corrected chi connectivity index (χ3v) is 3.53. The van der Waals surface area contributed by atoms with Crippen molar-refractivity contribution in [2.24, 2.45) is 4.99 Å². The van der Waals surface area contributed by atoms with Crippen LogP contribution in [-0.2, 0) is 0 Å². The van der Waals surface area contributed by atoms with Gasteiger partial charge in [-0.15, -0.1) is 0 Å². The molecule has 0 atom stereocenters. The Morgan fingerprint density at radius 3 is 2.82 bits per heavy atom. The van der Waals surface area contributed by atoms with Crippen molar-refractivity contribution in [1.29, 1.82) is 0 Å². The van der Waals surface area contributed by atoms with Gasteiger partial charge in [-0.3, -0.25) is 14.4 Å². The molecule has 1 aromatic heterocycles. The van der Waals surface area contributed by atoms with Crippen LogP contribution in [0.3, 0.4) is 0 Å². The summed E-state index contributed by atoms with van der Waals surface area (Å²) in [6.45, 7) is 3.80. The van der Waals surface area contributed by atoms with Crippen LogP contribution in [-0.4, -0.2) is 23.1 Å². The fourth-order valence-electron chi connectivity index (χ4n) is 1.82. The van der Waals surface area contributed by atoms with E-state index in [2.05, 4.69) is 20.9 Å². The van der Waals surface area contributed by atoms with E-state index in [4.69, 9.17) is 16.3 Å². The highest BCUT2D eigenvalue weighted by Gasteiger charge is 2.09. The van der Waals surface area contributed by atoms with Gasteiger partial charge in [0.25, 0.3) is 5.91 Å². The van der Waals surface area contributed by atoms with Gasteiger partial charge < -0.3 is 4.74 Å². The lowest BCUT2D eigenvalue weighted by Gasteiger charge is -2.10. The van der Waals surface area contributed by atoms with Crippen LogP contribution in [0, 0.1) is 0 Å². The molecule has 0 aliphatic heterocycles. The van der Waals surface area contributed by atoms with Crippen molar-refractivity contribution in [2.75, 3.05) is 6.61 Å². The SMILES string of the molecule is CC(C)N=c1ccccn1C(=O)COc1ccc(Br)cc1Cl. The fourth-order valence-corrected chi connectivity index (χ4v) is 2.54. The summed E-state index contributed by atoms with van der Waals surface area (Å²) in [4.78, 5) is 16.7. The second-order valence-corrected chi connectivity index (χ2v) is 6.23. The largest absolute Gasteiger partial charge is 0.482 e. The van der Waals surface area contributed by atoms with Gasteiger partial charge in [-0.05, 0) is 44.2 Å². The van der Waals surface area contributed by atoms with Gasteiger partial charge in [0.15, 0.2) is 6.61 Å². The van der Waals surface area contributed by atoms with Crippen molar-refractivity contribution < 1.29 is 9.53 Å². The van der Waals surface area contributed by atoms with Crippen LogP contribution >= 0.6 is 27.5 Å². The van der Waals surface area contributed by atoms with Crippen molar-refractivity contribution in [3.63, 3.8) is 0 Å². The van der Waals surface area contributed by atoms with E-state index >= 15 is 0 Å². The maximum atomic E-state index is 12.3. The first-order valence-electron chi connectivity index (χ1n) is 6.80. The molecule has 22 heavy (non-hydrogen) atoms. The minimum atomic E-state index is -0.209. The first-order valence-corrected chi connectivity index (χ1v) is 7.97. The van der Waals surface area contributed by atoms with Crippen LogP contribution in [0.2, 0.25) is 5.02 Å². The Morgan fingerprint density at radius 2 is 2.14 bits per heavy atom. The maximum Gasteiger partial charge on any atom is 0.270 e. The molecule has 0 N–H and O–H groups in total. The first-order chi connectivity index (χ1) is 10.5. The summed E-state index contributed by atoms with van der Waals surface area (Å²) in [5, 5.41) is 0.451. The Balaban J connectivity index is 2.17. The predicted octanol–water partition coefficient (Wildman–Crippen LogP) is 3.93. The van der Waals surface area contributed by atoms with Gasteiger partial charge in [0.2, 0.25) is 0 Å². The normalized spacial score (nSPS) is 11.8. The van der Waals surface area contributed by atoms with Crippen LogP contribution in [0.1, 0.15) is 18.6 Å². The summed E-state index contributed by atoms with van der Waals surface area (Å²) < 4.78 is 7.84. The molecule has 0 amide bonds. The van der Waals surface area contributed by atoms with Gasteiger partial charge >= 0.3 is 0 Å². The molecule has 4 nitrogen and oxygen atoms in total. The van der Waals surface area contributed by atoms with Crippen molar-refractivity contribution in [3.05, 3.63) is 57.6 Å². The van der Waals surface area contributed by atoms with Crippen LogP contribution in [0.15, 0.2) is 52.1 Å². The van der Waals surface area contributed by atoms with Crippen LogP contribution in [0.4, 0.5) is 0 Å². The van der Waals surface area contributed by atoms with E-state index < -0.39 is 0 Å². The van der Waals surface area contributed by atoms with Crippen molar-refractivity contribution in [1.82, 2.24) is 4.57 Å². The van der Waals surface area contributed by atoms with Crippen LogP contribution in [0.25, 0.3) is 0 Å². The molecule has 0 spiro atoms. The number of ether oxygens (including phenoxy) is 1. The maximum absolute atomic E-state index is 12.3. The predicted molar refractivity (Wildman–Crippen MR) is 90.4 cm³/mol. The molecular weight excluding hydrogens is 368 g/mol. The third kappa shape index (κ3) is 4.45. The zero-order valence-electron chi connectivity index (χ0n) is 12.3. The standard InChI is InChI=1S/C16H16BrClN2O2/c1-11(2)19-15-5-3-4-8-20(15)16(21)10-22-14-7-6-12(17)9-13(14)18/h3-9,11H,10H2,1-2H3. The Kier molecular flexibility index (Phi) is 5.80. The molecule has 116 valence electrons. The lowest BCUT2D eigenvalue weighted by Crippen LogP contribution is -2.31. The second kappa shape index (κ2) is 7.61. The highest BCUT2D eigenvalue weighted by atomic mass is 79.9. The van der Waals surface area contributed by atoms with Gasteiger partial charge in [0.1, 0.15) is 11.2 Å². The van der Waals surface area contributed by atoms with Gasteiger partial charge in [0, 0.05) is 16.7 Å². The summed E-state index contributed by atoms with van der Waals surface area (Å²) in [5.41, 5.74) is 0.605. The zero-order chi connectivity index (χ0) is 16.1. The number of pyridine rings is 1. The molecule has 1 aromatic carbocycles. The molecule has 0 bridgehead atoms. The average Bonchev–Trinajstić information content (AvgIpc) is 2.46. The highest BCUT2D eigenvalue weighted by Crippen LogP contribution is 2.27. The number of nitrogens with zero attached hydrogens (tertiary/aromatic N) is 2. The number of benzene rings is 1. The summed E-state index contributed by atoms with van der Waals surface area (Å²) in [6.07, 6.45) is 1.68. The van der Waals surface area contributed by atoms with Gasteiger partial charge in [-0.2, -0.15) is 0 Å². The number of rotatable bonds is 4. The number of hydrogen-bond donors (Lipinski definition) is 0. The van der Waals surface area contributed by atoms with Crippen molar-refractivity contribution in [3.8, 4) is 5.75 Å². The van der Waals surface area contributed by atoms with Crippen LogP contribution in [0.5, 0.6) is 5.75 Å². The Morgan fingerprint density at radius 1 is 1.36 bits per heavy atom. The topological polar surface area (TPSA) is 43.6 Å². The lowest BCUT2D eigenvalue weighted by atomic mass is 10.3. The van der Waals surface area contributed by atoms with E-state index in [1.54, 1.807) is 36.5 Å². The molecule has 0 fully saturated rings. The van der Waals surface area contributed by atoms with Gasteiger partial charge in [-0.1, -0.05) is 33.6 Å². The van der Waals surface area contributed by atoms with E-state index in [0.717, 1.165) is 4.47 Å². The number of carbonyl (C=O) groups is 1. The molecule has 6 heteroatoms. The van der Waals surface area contributed by atoms with Crippen molar-refractivity contribution in [2.45, 2.75) is 19.9 Å². The second-order valence-electron chi connectivity index (χ2n) is 4.91. The van der Waals surface area contributed by atoms with E-state index in [9.17, 15) is 4.79 Å². The molecule has 0 unspecified atom stereocenters. The third-order valence-electron chi connectivity index (χ3n) is 2.74. The summed E-state index contributed by atoms with van der Waals surface area (Å²) >= 11 is 9.39. The van der Waals surface area contributed by atoms with E-state index in [1.165, 1.54) is 4.57 Å². The quantitative estimate of drug-likeness (QED) is 0.803. The van der Waals surface area contributed by atoms with E-state index in [-0.39, 0.29) is 18.6 Å². The Labute approximate surface area is 142 Å². The van der Waals surface area contributed by atoms with E-state index in [0.29, 0.717) is 16.3 Å². The molecule has 0 saturated carbocycles. The fraction of sp³-hybridized carbons (Fsp3) is 0.250. The molecule has 1 heterocycles. The molecule has 0 saturated heterocycles. The summed E-state index contributed by atoms with van der Waals surface area (Å²) in [6, 6.07) is 10.8. The molecule has 2 aromatic rings. The number of hydrogen-bond acceptors (Lipinski definition) is 3. The zero-order valence-corrected chi connectivity index (χ0v) is 14.6. The summed E-state index contributed by atoms with van der Waals surface area (Å²) in [7, 11) is 0. The van der Waals surface area contributed by atoms with E-state index in [1.807, 2.05) is 19.9 Å². The number of aromatic nitrogens is 1. The summed E-state index contributed by atoms with van der Waals surface area (Å²) in [5.74, 6) is 0.260. The Hall–Kier alpha value is -1.59. The molecule has 0 aliphatic rings. The average molecular weight is 384 g/mol.